The first-order chi connectivity index (χ1) is 9.15. The first-order valence-electron chi connectivity index (χ1n) is 7.39. The molecule has 0 spiro atoms. The summed E-state index contributed by atoms with van der Waals surface area (Å²) in [5.74, 6) is 3.52. The van der Waals surface area contributed by atoms with Crippen LogP contribution in [0.25, 0.3) is 0 Å². The van der Waals surface area contributed by atoms with E-state index in [9.17, 15) is 0 Å². The summed E-state index contributed by atoms with van der Waals surface area (Å²) >= 11 is 2.37. The average Bonchev–Trinajstić information content (AvgIpc) is 2.42. The van der Waals surface area contributed by atoms with Gasteiger partial charge in [-0.1, -0.05) is 33.1 Å². The second-order valence-electron chi connectivity index (χ2n) is 5.65. The van der Waals surface area contributed by atoms with E-state index in [0.29, 0.717) is 5.92 Å². The van der Waals surface area contributed by atoms with Crippen molar-refractivity contribution in [3.8, 4) is 0 Å². The van der Waals surface area contributed by atoms with E-state index in [1.165, 1.54) is 34.9 Å². The van der Waals surface area contributed by atoms with Gasteiger partial charge in [-0.3, -0.25) is 0 Å². The predicted molar refractivity (Wildman–Crippen MR) is 88.7 cm³/mol. The smallest absolute Gasteiger partial charge is 0.143 e. The lowest BCUT2D eigenvalue weighted by atomic mass is 9.82. The van der Waals surface area contributed by atoms with Gasteiger partial charge in [-0.2, -0.15) is 0 Å². The molecule has 106 valence electrons. The first-order valence-corrected chi connectivity index (χ1v) is 8.47. The zero-order valence-electron chi connectivity index (χ0n) is 12.2. The summed E-state index contributed by atoms with van der Waals surface area (Å²) in [5, 5.41) is 3.22. The number of hydrogen-bond acceptors (Lipinski definition) is 3. The van der Waals surface area contributed by atoms with Gasteiger partial charge < -0.3 is 5.32 Å². The van der Waals surface area contributed by atoms with Gasteiger partial charge in [0, 0.05) is 13.0 Å². The zero-order chi connectivity index (χ0) is 13.8. The highest BCUT2D eigenvalue weighted by Crippen LogP contribution is 2.35. The zero-order valence-corrected chi connectivity index (χ0v) is 14.3. The summed E-state index contributed by atoms with van der Waals surface area (Å²) in [5.41, 5.74) is 1.22. The number of nitrogens with zero attached hydrogens (tertiary/aromatic N) is 2. The van der Waals surface area contributed by atoms with Crippen LogP contribution in [0, 0.1) is 9.49 Å². The van der Waals surface area contributed by atoms with Crippen LogP contribution in [-0.4, -0.2) is 17.0 Å². The van der Waals surface area contributed by atoms with Crippen molar-refractivity contribution in [3.05, 3.63) is 15.1 Å². The molecular formula is C15H24IN3. The molecule has 0 aromatic carbocycles. The van der Waals surface area contributed by atoms with E-state index in [2.05, 4.69) is 41.8 Å². The highest BCUT2D eigenvalue weighted by Gasteiger charge is 2.23. The number of hydrogen-bond donors (Lipinski definition) is 1. The minimum Gasteiger partial charge on any atom is -0.372 e. The molecular weight excluding hydrogens is 349 g/mol. The maximum Gasteiger partial charge on any atom is 0.143 e. The minimum absolute atomic E-state index is 0.566. The van der Waals surface area contributed by atoms with Gasteiger partial charge >= 0.3 is 0 Å². The van der Waals surface area contributed by atoms with Crippen LogP contribution in [0.2, 0.25) is 0 Å². The van der Waals surface area contributed by atoms with Crippen LogP contribution >= 0.6 is 22.6 Å². The van der Waals surface area contributed by atoms with Crippen molar-refractivity contribution in [2.24, 2.45) is 5.92 Å². The lowest BCUT2D eigenvalue weighted by Gasteiger charge is -2.25. The Morgan fingerprint density at radius 2 is 1.89 bits per heavy atom. The van der Waals surface area contributed by atoms with Crippen LogP contribution in [0.15, 0.2) is 0 Å². The maximum absolute atomic E-state index is 4.86. The summed E-state index contributed by atoms with van der Waals surface area (Å²) in [6.45, 7) is 4.56. The fourth-order valence-electron chi connectivity index (χ4n) is 2.78. The Kier molecular flexibility index (Phi) is 5.42. The molecule has 2 rings (SSSR count). The van der Waals surface area contributed by atoms with E-state index >= 15 is 0 Å². The van der Waals surface area contributed by atoms with Gasteiger partial charge in [-0.15, -0.1) is 0 Å². The number of halogens is 1. The Morgan fingerprint density at radius 3 is 2.47 bits per heavy atom. The molecule has 1 fully saturated rings. The standard InChI is InChI=1S/C15H24IN3/c1-4-5-12-13(16)15(17-3)19-14(18-12)11-8-6-10(2)7-9-11/h10-11H,4-9H2,1-3H3,(H,17,18,19). The third-order valence-electron chi connectivity index (χ3n) is 4.04. The van der Waals surface area contributed by atoms with E-state index in [0.717, 1.165) is 30.4 Å². The summed E-state index contributed by atoms with van der Waals surface area (Å²) < 4.78 is 1.19. The van der Waals surface area contributed by atoms with E-state index < -0.39 is 0 Å². The molecule has 0 atom stereocenters. The van der Waals surface area contributed by atoms with Crippen LogP contribution in [0.1, 0.15) is 63.4 Å². The van der Waals surface area contributed by atoms with E-state index in [-0.39, 0.29) is 0 Å². The largest absolute Gasteiger partial charge is 0.372 e. The Labute approximate surface area is 130 Å². The summed E-state index contributed by atoms with van der Waals surface area (Å²) in [4.78, 5) is 9.61. The Hall–Kier alpha value is -0.390. The number of rotatable bonds is 4. The molecule has 1 N–H and O–H groups in total. The Morgan fingerprint density at radius 1 is 1.21 bits per heavy atom. The van der Waals surface area contributed by atoms with Gasteiger partial charge in [0.2, 0.25) is 0 Å². The molecule has 0 saturated heterocycles. The topological polar surface area (TPSA) is 37.8 Å². The molecule has 4 heteroatoms. The fraction of sp³-hybridized carbons (Fsp3) is 0.733. The maximum atomic E-state index is 4.86. The van der Waals surface area contributed by atoms with Crippen molar-refractivity contribution >= 4 is 28.4 Å². The number of aromatic nitrogens is 2. The minimum atomic E-state index is 0.566. The SMILES string of the molecule is CCCc1nc(C2CCC(C)CC2)nc(NC)c1I. The van der Waals surface area contributed by atoms with Gasteiger partial charge in [0.15, 0.2) is 0 Å². The quantitative estimate of drug-likeness (QED) is 0.797. The van der Waals surface area contributed by atoms with Crippen molar-refractivity contribution < 1.29 is 0 Å². The number of nitrogens with one attached hydrogen (secondary N) is 1. The van der Waals surface area contributed by atoms with Crippen LogP contribution < -0.4 is 5.32 Å². The first kappa shape index (κ1) is 15.0. The lowest BCUT2D eigenvalue weighted by molar-refractivity contribution is 0.339. The third kappa shape index (κ3) is 3.58. The molecule has 1 heterocycles. The molecule has 1 aromatic heterocycles. The second-order valence-corrected chi connectivity index (χ2v) is 6.73. The Bertz CT molecular complexity index is 426. The van der Waals surface area contributed by atoms with Gasteiger partial charge in [-0.25, -0.2) is 9.97 Å². The van der Waals surface area contributed by atoms with Gasteiger partial charge in [0.25, 0.3) is 0 Å². The molecule has 0 unspecified atom stereocenters. The van der Waals surface area contributed by atoms with Crippen molar-refractivity contribution in [1.82, 2.24) is 9.97 Å². The fourth-order valence-corrected chi connectivity index (χ4v) is 3.56. The Balaban J connectivity index is 2.27. The molecule has 1 saturated carbocycles. The van der Waals surface area contributed by atoms with Crippen molar-refractivity contribution in [2.45, 2.75) is 58.3 Å². The van der Waals surface area contributed by atoms with Crippen molar-refractivity contribution in [3.63, 3.8) is 0 Å². The van der Waals surface area contributed by atoms with Crippen molar-refractivity contribution in [1.29, 1.82) is 0 Å². The molecule has 3 nitrogen and oxygen atoms in total. The van der Waals surface area contributed by atoms with E-state index in [4.69, 9.17) is 9.97 Å². The number of anilines is 1. The normalized spacial score (nSPS) is 23.4. The molecule has 1 aliphatic rings. The number of aryl methyl sites for hydroxylation is 1. The summed E-state index contributed by atoms with van der Waals surface area (Å²) in [7, 11) is 1.95. The van der Waals surface area contributed by atoms with Gasteiger partial charge in [0.05, 0.1) is 9.26 Å². The van der Waals surface area contributed by atoms with Crippen LogP contribution in [-0.2, 0) is 6.42 Å². The average molecular weight is 373 g/mol. The lowest BCUT2D eigenvalue weighted by Crippen LogP contribution is -2.16. The highest BCUT2D eigenvalue weighted by atomic mass is 127. The third-order valence-corrected chi connectivity index (χ3v) is 5.18. The van der Waals surface area contributed by atoms with E-state index in [1.54, 1.807) is 0 Å². The highest BCUT2D eigenvalue weighted by molar-refractivity contribution is 14.1. The molecule has 1 aromatic rings. The van der Waals surface area contributed by atoms with Crippen LogP contribution in [0.4, 0.5) is 5.82 Å². The van der Waals surface area contributed by atoms with Gasteiger partial charge in [0.1, 0.15) is 11.6 Å². The predicted octanol–water partition coefficient (Wildman–Crippen LogP) is 4.37. The monoisotopic (exact) mass is 373 g/mol. The van der Waals surface area contributed by atoms with E-state index in [1.807, 2.05) is 7.05 Å². The van der Waals surface area contributed by atoms with Crippen LogP contribution in [0.3, 0.4) is 0 Å². The molecule has 19 heavy (non-hydrogen) atoms. The second kappa shape index (κ2) is 6.86. The summed E-state index contributed by atoms with van der Waals surface area (Å²) in [6.07, 6.45) is 7.31. The molecule has 1 aliphatic carbocycles. The molecule has 0 radical (unpaired) electrons. The molecule has 0 bridgehead atoms. The van der Waals surface area contributed by atoms with Gasteiger partial charge in [-0.05, 0) is 47.8 Å². The van der Waals surface area contributed by atoms with Crippen molar-refractivity contribution in [2.75, 3.05) is 12.4 Å². The van der Waals surface area contributed by atoms with Crippen LogP contribution in [0.5, 0.6) is 0 Å². The molecule has 0 aliphatic heterocycles. The summed E-state index contributed by atoms with van der Waals surface area (Å²) in [6, 6.07) is 0. The molecule has 0 amide bonds.